The van der Waals surface area contributed by atoms with Crippen molar-refractivity contribution in [2.75, 3.05) is 13.2 Å². The molecule has 2 heterocycles. The molecule has 0 bridgehead atoms. The smallest absolute Gasteiger partial charge is 0.338 e. The summed E-state index contributed by atoms with van der Waals surface area (Å²) in [5, 5.41) is 4.64. The molecule has 10 heteroatoms. The summed E-state index contributed by atoms with van der Waals surface area (Å²) >= 11 is 1.60. The molecule has 0 aliphatic carbocycles. The van der Waals surface area contributed by atoms with Crippen LogP contribution in [-0.4, -0.2) is 33.4 Å². The molecule has 0 fully saturated rings. The Balaban J connectivity index is 1.55. The van der Waals surface area contributed by atoms with Crippen molar-refractivity contribution in [3.63, 3.8) is 0 Å². The van der Waals surface area contributed by atoms with Crippen LogP contribution in [0.1, 0.15) is 26.6 Å². The fourth-order valence-electron chi connectivity index (χ4n) is 2.69. The van der Waals surface area contributed by atoms with Crippen molar-refractivity contribution in [2.45, 2.75) is 24.8 Å². The molecule has 31 heavy (non-hydrogen) atoms. The summed E-state index contributed by atoms with van der Waals surface area (Å²) in [4.78, 5) is 25.4. The van der Waals surface area contributed by atoms with E-state index in [1.165, 1.54) is 24.5 Å². The lowest BCUT2D eigenvalue weighted by Crippen LogP contribution is -2.30. The van der Waals surface area contributed by atoms with Crippen LogP contribution in [0.15, 0.2) is 63.4 Å². The van der Waals surface area contributed by atoms with Crippen LogP contribution < -0.4 is 10.0 Å². The molecule has 1 amide bonds. The van der Waals surface area contributed by atoms with Gasteiger partial charge in [0.1, 0.15) is 5.76 Å². The normalized spacial score (nSPS) is 11.3. The molecule has 0 aliphatic heterocycles. The maximum Gasteiger partial charge on any atom is 0.338 e. The number of rotatable bonds is 10. The minimum Gasteiger partial charge on any atom is -0.468 e. The predicted octanol–water partition coefficient (Wildman–Crippen LogP) is 2.64. The number of furan rings is 1. The zero-order valence-corrected chi connectivity index (χ0v) is 18.4. The summed E-state index contributed by atoms with van der Waals surface area (Å²) in [5.74, 6) is -0.735. The van der Waals surface area contributed by atoms with E-state index in [9.17, 15) is 18.0 Å². The maximum atomic E-state index is 12.5. The Morgan fingerprint density at radius 2 is 2.00 bits per heavy atom. The highest BCUT2D eigenvalue weighted by Gasteiger charge is 2.19. The van der Waals surface area contributed by atoms with Gasteiger partial charge in [-0.05, 0) is 54.6 Å². The standard InChI is InChI=1S/C21H22N2O6S2/c1-15-6-7-18(31(26,27)23-13-16-4-2-10-28-16)12-19(15)21(25)29-14-20(24)22-9-8-17-5-3-11-30-17/h2-7,10-12,23H,8-9,13-14H2,1H3,(H,22,24). The van der Waals surface area contributed by atoms with Crippen molar-refractivity contribution in [1.82, 2.24) is 10.0 Å². The second-order valence-corrected chi connectivity index (χ2v) is 9.44. The van der Waals surface area contributed by atoms with E-state index in [2.05, 4.69) is 10.0 Å². The number of esters is 1. The Kier molecular flexibility index (Phi) is 7.61. The average molecular weight is 463 g/mol. The first-order chi connectivity index (χ1) is 14.8. The van der Waals surface area contributed by atoms with Gasteiger partial charge in [0.2, 0.25) is 10.0 Å². The van der Waals surface area contributed by atoms with Crippen LogP contribution >= 0.6 is 11.3 Å². The number of ether oxygens (including phenoxy) is 1. The zero-order valence-electron chi connectivity index (χ0n) is 16.8. The molecule has 2 aromatic heterocycles. The van der Waals surface area contributed by atoms with Gasteiger partial charge in [0, 0.05) is 11.4 Å². The summed E-state index contributed by atoms with van der Waals surface area (Å²) in [7, 11) is -3.87. The lowest BCUT2D eigenvalue weighted by molar-refractivity contribution is -0.124. The third kappa shape index (κ3) is 6.51. The number of hydrogen-bond acceptors (Lipinski definition) is 7. The molecule has 0 saturated carbocycles. The highest BCUT2D eigenvalue weighted by atomic mass is 32.2. The van der Waals surface area contributed by atoms with Crippen LogP contribution in [0.5, 0.6) is 0 Å². The molecule has 0 radical (unpaired) electrons. The molecular weight excluding hydrogens is 440 g/mol. The van der Waals surface area contributed by atoms with E-state index >= 15 is 0 Å². The van der Waals surface area contributed by atoms with Gasteiger partial charge in [-0.2, -0.15) is 0 Å². The lowest BCUT2D eigenvalue weighted by Gasteiger charge is -2.10. The first-order valence-electron chi connectivity index (χ1n) is 9.44. The number of carbonyl (C=O) groups excluding carboxylic acids is 2. The van der Waals surface area contributed by atoms with Gasteiger partial charge in [0.25, 0.3) is 5.91 Å². The molecule has 164 valence electrons. The van der Waals surface area contributed by atoms with Crippen molar-refractivity contribution in [3.8, 4) is 0 Å². The lowest BCUT2D eigenvalue weighted by atomic mass is 10.1. The molecule has 2 N–H and O–H groups in total. The van der Waals surface area contributed by atoms with Gasteiger partial charge in [0.05, 0.1) is 23.3 Å². The molecule has 0 aliphatic rings. The largest absolute Gasteiger partial charge is 0.468 e. The molecule has 0 unspecified atom stereocenters. The van der Waals surface area contributed by atoms with Gasteiger partial charge >= 0.3 is 5.97 Å². The monoisotopic (exact) mass is 462 g/mol. The topological polar surface area (TPSA) is 115 Å². The summed E-state index contributed by atoms with van der Waals surface area (Å²) in [6, 6.07) is 11.4. The minimum absolute atomic E-state index is 0.0192. The van der Waals surface area contributed by atoms with Crippen LogP contribution in [0, 0.1) is 6.92 Å². The second kappa shape index (κ2) is 10.4. The van der Waals surface area contributed by atoms with Gasteiger partial charge in [0.15, 0.2) is 6.61 Å². The summed E-state index contributed by atoms with van der Waals surface area (Å²) in [6.45, 7) is 1.63. The quantitative estimate of drug-likeness (QED) is 0.448. The number of hydrogen-bond donors (Lipinski definition) is 2. The van der Waals surface area contributed by atoms with E-state index in [1.807, 2.05) is 17.5 Å². The average Bonchev–Trinajstić information content (AvgIpc) is 3.45. The summed E-state index contributed by atoms with van der Waals surface area (Å²) in [5.41, 5.74) is 0.611. The van der Waals surface area contributed by atoms with E-state index in [-0.39, 0.29) is 17.0 Å². The van der Waals surface area contributed by atoms with Crippen LogP contribution in [-0.2, 0) is 32.5 Å². The zero-order chi connectivity index (χ0) is 22.3. The predicted molar refractivity (Wildman–Crippen MR) is 115 cm³/mol. The Bertz CT molecular complexity index is 1120. The van der Waals surface area contributed by atoms with Gasteiger partial charge in [-0.15, -0.1) is 11.3 Å². The number of thiophene rings is 1. The highest BCUT2D eigenvalue weighted by Crippen LogP contribution is 2.17. The van der Waals surface area contributed by atoms with Crippen molar-refractivity contribution in [2.24, 2.45) is 0 Å². The van der Waals surface area contributed by atoms with Crippen LogP contribution in [0.25, 0.3) is 0 Å². The van der Waals surface area contributed by atoms with Crippen LogP contribution in [0.2, 0.25) is 0 Å². The summed E-state index contributed by atoms with van der Waals surface area (Å²) in [6.07, 6.45) is 2.14. The number of amides is 1. The second-order valence-electron chi connectivity index (χ2n) is 6.64. The number of sulfonamides is 1. The van der Waals surface area contributed by atoms with E-state index in [1.54, 1.807) is 30.4 Å². The van der Waals surface area contributed by atoms with E-state index < -0.39 is 28.5 Å². The molecule has 0 saturated heterocycles. The van der Waals surface area contributed by atoms with E-state index in [0.717, 1.165) is 4.88 Å². The highest BCUT2D eigenvalue weighted by molar-refractivity contribution is 7.89. The van der Waals surface area contributed by atoms with Gasteiger partial charge in [-0.3, -0.25) is 4.79 Å². The van der Waals surface area contributed by atoms with Crippen molar-refractivity contribution >= 4 is 33.2 Å². The third-order valence-corrected chi connectivity index (χ3v) is 6.70. The van der Waals surface area contributed by atoms with Gasteiger partial charge in [-0.1, -0.05) is 12.1 Å². The molecule has 1 aromatic carbocycles. The number of benzene rings is 1. The first-order valence-corrected chi connectivity index (χ1v) is 11.8. The number of aryl methyl sites for hydroxylation is 1. The molecular formula is C21H22N2O6S2. The first kappa shape index (κ1) is 22.7. The van der Waals surface area contributed by atoms with Crippen LogP contribution in [0.4, 0.5) is 0 Å². The molecule has 3 aromatic rings. The number of carbonyl (C=O) groups is 2. The van der Waals surface area contributed by atoms with Crippen LogP contribution in [0.3, 0.4) is 0 Å². The summed E-state index contributed by atoms with van der Waals surface area (Å²) < 4.78 is 37.6. The van der Waals surface area contributed by atoms with E-state index in [4.69, 9.17) is 9.15 Å². The fourth-order valence-corrected chi connectivity index (χ4v) is 4.42. The van der Waals surface area contributed by atoms with Crippen molar-refractivity contribution in [3.05, 3.63) is 75.9 Å². The SMILES string of the molecule is Cc1ccc(S(=O)(=O)NCc2ccco2)cc1C(=O)OCC(=O)NCCc1cccs1. The van der Waals surface area contributed by atoms with Crippen molar-refractivity contribution in [1.29, 1.82) is 0 Å². The molecule has 3 rings (SSSR count). The Hall–Kier alpha value is -2.95. The molecule has 0 spiro atoms. The maximum absolute atomic E-state index is 12.5. The molecule has 0 atom stereocenters. The third-order valence-electron chi connectivity index (χ3n) is 4.36. The minimum atomic E-state index is -3.87. The number of nitrogens with one attached hydrogen (secondary N) is 2. The van der Waals surface area contributed by atoms with Crippen molar-refractivity contribution < 1.29 is 27.2 Å². The Labute approximate surface area is 184 Å². The fraction of sp³-hybridized carbons (Fsp3) is 0.238. The van der Waals surface area contributed by atoms with Gasteiger partial charge in [-0.25, -0.2) is 17.9 Å². The van der Waals surface area contributed by atoms with E-state index in [0.29, 0.717) is 24.3 Å². The molecule has 8 nitrogen and oxygen atoms in total. The Morgan fingerprint density at radius 1 is 1.16 bits per heavy atom. The van der Waals surface area contributed by atoms with Gasteiger partial charge < -0.3 is 14.5 Å². The Morgan fingerprint density at radius 3 is 2.71 bits per heavy atom.